The summed E-state index contributed by atoms with van der Waals surface area (Å²) in [5, 5.41) is 2.96. The first-order valence-electron chi connectivity index (χ1n) is 10.6. The fraction of sp³-hybridized carbons (Fsp3) is 0.320. The second kappa shape index (κ2) is 11.8. The Morgan fingerprint density at radius 3 is 2.58 bits per heavy atom. The molecule has 0 aromatic heterocycles. The van der Waals surface area contributed by atoms with Gasteiger partial charge in [-0.25, -0.2) is 0 Å². The Bertz CT molecular complexity index is 875. The van der Waals surface area contributed by atoms with E-state index in [1.165, 1.54) is 5.69 Å². The number of methoxy groups -OCH3 is 1. The first kappa shape index (κ1) is 22.4. The van der Waals surface area contributed by atoms with Crippen LogP contribution in [0.25, 0.3) is 6.08 Å². The van der Waals surface area contributed by atoms with Crippen molar-refractivity contribution in [3.63, 3.8) is 0 Å². The molecular weight excluding hydrogens is 390 g/mol. The van der Waals surface area contributed by atoms with Gasteiger partial charge in [0, 0.05) is 51.0 Å². The monoisotopic (exact) mass is 421 g/mol. The number of nitrogens with zero attached hydrogens (tertiary/aromatic N) is 2. The van der Waals surface area contributed by atoms with Crippen molar-refractivity contribution in [2.45, 2.75) is 0 Å². The van der Waals surface area contributed by atoms with Crippen molar-refractivity contribution in [3.8, 4) is 11.5 Å². The van der Waals surface area contributed by atoms with Crippen LogP contribution in [-0.2, 0) is 4.79 Å². The lowest BCUT2D eigenvalue weighted by Crippen LogP contribution is -2.48. The van der Waals surface area contributed by atoms with Gasteiger partial charge >= 0.3 is 0 Å². The number of rotatable bonds is 10. The molecule has 1 amide bonds. The van der Waals surface area contributed by atoms with Crippen LogP contribution in [-0.4, -0.2) is 63.8 Å². The molecule has 3 rings (SSSR count). The normalized spacial score (nSPS) is 14.4. The smallest absolute Gasteiger partial charge is 0.244 e. The van der Waals surface area contributed by atoms with Gasteiger partial charge in [-0.05, 0) is 35.9 Å². The van der Waals surface area contributed by atoms with Crippen molar-refractivity contribution in [1.82, 2.24) is 10.2 Å². The standard InChI is InChI=1S/C25H31N3O3/c1-3-19-31-23-11-9-21(20-24(23)30-2)10-12-25(29)26-13-14-27-15-17-28(18-16-27)22-7-5-4-6-8-22/h3-12,20H,1,13-19H2,2H3,(H,26,29)/b12-10+. The Kier molecular flexibility index (Phi) is 8.55. The highest BCUT2D eigenvalue weighted by molar-refractivity contribution is 5.91. The molecule has 0 saturated carbocycles. The average molecular weight is 422 g/mol. The van der Waals surface area contributed by atoms with E-state index in [-0.39, 0.29) is 5.91 Å². The maximum Gasteiger partial charge on any atom is 0.244 e. The number of amides is 1. The summed E-state index contributed by atoms with van der Waals surface area (Å²) in [5.74, 6) is 1.17. The van der Waals surface area contributed by atoms with Crippen LogP contribution >= 0.6 is 0 Å². The van der Waals surface area contributed by atoms with Crippen molar-refractivity contribution in [3.05, 3.63) is 72.8 Å². The highest BCUT2D eigenvalue weighted by Gasteiger charge is 2.16. The van der Waals surface area contributed by atoms with Gasteiger partial charge in [0.25, 0.3) is 0 Å². The average Bonchev–Trinajstić information content (AvgIpc) is 2.82. The molecule has 1 N–H and O–H groups in total. The number of benzene rings is 2. The van der Waals surface area contributed by atoms with Gasteiger partial charge in [-0.1, -0.05) is 36.9 Å². The molecule has 1 saturated heterocycles. The molecule has 2 aromatic carbocycles. The first-order chi connectivity index (χ1) is 15.2. The van der Waals surface area contributed by atoms with Gasteiger partial charge in [0.2, 0.25) is 5.91 Å². The molecule has 1 aliphatic heterocycles. The van der Waals surface area contributed by atoms with Crippen LogP contribution in [0.1, 0.15) is 5.56 Å². The zero-order chi connectivity index (χ0) is 21.9. The third-order valence-electron chi connectivity index (χ3n) is 5.19. The molecular formula is C25H31N3O3. The molecule has 0 aliphatic carbocycles. The molecule has 0 bridgehead atoms. The Balaban J connectivity index is 1.39. The highest BCUT2D eigenvalue weighted by atomic mass is 16.5. The molecule has 1 fully saturated rings. The summed E-state index contributed by atoms with van der Waals surface area (Å²) in [4.78, 5) is 17.0. The molecule has 6 heteroatoms. The van der Waals surface area contributed by atoms with Crippen molar-refractivity contribution in [2.24, 2.45) is 0 Å². The summed E-state index contributed by atoms with van der Waals surface area (Å²) in [5.41, 5.74) is 2.15. The van der Waals surface area contributed by atoms with Gasteiger partial charge in [0.05, 0.1) is 7.11 Å². The minimum absolute atomic E-state index is 0.103. The van der Waals surface area contributed by atoms with Crippen molar-refractivity contribution < 1.29 is 14.3 Å². The predicted octanol–water partition coefficient (Wildman–Crippen LogP) is 3.21. The van der Waals surface area contributed by atoms with Gasteiger partial charge in [-0.2, -0.15) is 0 Å². The van der Waals surface area contributed by atoms with Crippen molar-refractivity contribution >= 4 is 17.7 Å². The Morgan fingerprint density at radius 1 is 1.10 bits per heavy atom. The summed E-state index contributed by atoms with van der Waals surface area (Å²) in [6.07, 6.45) is 5.00. The van der Waals surface area contributed by atoms with Gasteiger partial charge in [-0.3, -0.25) is 9.69 Å². The number of ether oxygens (including phenoxy) is 2. The third kappa shape index (κ3) is 6.89. The van der Waals surface area contributed by atoms with Crippen LogP contribution in [0.2, 0.25) is 0 Å². The van der Waals surface area contributed by atoms with Gasteiger partial charge in [0.15, 0.2) is 11.5 Å². The Morgan fingerprint density at radius 2 is 1.87 bits per heavy atom. The minimum atomic E-state index is -0.103. The van der Waals surface area contributed by atoms with Gasteiger partial charge in [0.1, 0.15) is 6.61 Å². The number of nitrogens with one attached hydrogen (secondary N) is 1. The van der Waals surface area contributed by atoms with Crippen molar-refractivity contribution in [1.29, 1.82) is 0 Å². The maximum atomic E-state index is 12.2. The topological polar surface area (TPSA) is 54.0 Å². The molecule has 0 atom stereocenters. The molecule has 6 nitrogen and oxygen atoms in total. The lowest BCUT2D eigenvalue weighted by Gasteiger charge is -2.36. The van der Waals surface area contributed by atoms with Crippen LogP contribution in [0.4, 0.5) is 5.69 Å². The van der Waals surface area contributed by atoms with E-state index in [1.54, 1.807) is 25.3 Å². The molecule has 0 spiro atoms. The number of carbonyl (C=O) groups excluding carboxylic acids is 1. The van der Waals surface area contributed by atoms with E-state index >= 15 is 0 Å². The molecule has 2 aromatic rings. The molecule has 0 unspecified atom stereocenters. The van der Waals surface area contributed by atoms with Crippen LogP contribution in [0.15, 0.2) is 67.3 Å². The lowest BCUT2D eigenvalue weighted by molar-refractivity contribution is -0.116. The van der Waals surface area contributed by atoms with E-state index in [4.69, 9.17) is 9.47 Å². The second-order valence-electron chi connectivity index (χ2n) is 7.30. The number of carbonyl (C=O) groups is 1. The number of para-hydroxylation sites is 1. The van der Waals surface area contributed by atoms with Crippen LogP contribution in [0, 0.1) is 0 Å². The van der Waals surface area contributed by atoms with Crippen LogP contribution in [0.3, 0.4) is 0 Å². The van der Waals surface area contributed by atoms with E-state index in [0.29, 0.717) is 24.7 Å². The highest BCUT2D eigenvalue weighted by Crippen LogP contribution is 2.28. The quantitative estimate of drug-likeness (QED) is 0.472. The number of piperazine rings is 1. The number of hydrogen-bond acceptors (Lipinski definition) is 5. The Labute approximate surface area is 184 Å². The summed E-state index contributed by atoms with van der Waals surface area (Å²) >= 11 is 0. The number of hydrogen-bond donors (Lipinski definition) is 1. The molecule has 31 heavy (non-hydrogen) atoms. The van der Waals surface area contributed by atoms with E-state index < -0.39 is 0 Å². The summed E-state index contributed by atoms with van der Waals surface area (Å²) < 4.78 is 10.9. The molecule has 1 aliphatic rings. The summed E-state index contributed by atoms with van der Waals surface area (Å²) in [6, 6.07) is 16.1. The molecule has 164 valence electrons. The van der Waals surface area contributed by atoms with Gasteiger partial charge in [-0.15, -0.1) is 0 Å². The molecule has 1 heterocycles. The minimum Gasteiger partial charge on any atom is -0.493 e. The van der Waals surface area contributed by atoms with E-state index in [1.807, 2.05) is 24.3 Å². The zero-order valence-electron chi connectivity index (χ0n) is 18.1. The van der Waals surface area contributed by atoms with Crippen molar-refractivity contribution in [2.75, 3.05) is 57.9 Å². The van der Waals surface area contributed by atoms with E-state index in [2.05, 4.69) is 46.0 Å². The van der Waals surface area contributed by atoms with E-state index in [0.717, 1.165) is 38.3 Å². The lowest BCUT2D eigenvalue weighted by atomic mass is 10.2. The third-order valence-corrected chi connectivity index (χ3v) is 5.19. The first-order valence-corrected chi connectivity index (χ1v) is 10.6. The fourth-order valence-corrected chi connectivity index (χ4v) is 3.49. The molecule has 0 radical (unpaired) electrons. The van der Waals surface area contributed by atoms with E-state index in [9.17, 15) is 4.79 Å². The maximum absolute atomic E-state index is 12.2. The van der Waals surface area contributed by atoms with Crippen LogP contribution in [0.5, 0.6) is 11.5 Å². The SMILES string of the molecule is C=CCOc1ccc(/C=C/C(=O)NCCN2CCN(c3ccccc3)CC2)cc1OC. The Hall–Kier alpha value is -3.25. The van der Waals surface area contributed by atoms with Crippen LogP contribution < -0.4 is 19.7 Å². The number of anilines is 1. The fourth-order valence-electron chi connectivity index (χ4n) is 3.49. The second-order valence-corrected chi connectivity index (χ2v) is 7.30. The predicted molar refractivity (Wildman–Crippen MR) is 126 cm³/mol. The zero-order valence-corrected chi connectivity index (χ0v) is 18.1. The van der Waals surface area contributed by atoms with Gasteiger partial charge < -0.3 is 19.7 Å². The largest absolute Gasteiger partial charge is 0.493 e. The summed E-state index contributed by atoms with van der Waals surface area (Å²) in [7, 11) is 1.59. The summed E-state index contributed by atoms with van der Waals surface area (Å²) in [6.45, 7) is 9.55.